The molecule has 1 aromatic heterocycles. The zero-order valence-corrected chi connectivity index (χ0v) is 16.2. The van der Waals surface area contributed by atoms with Crippen molar-refractivity contribution in [1.29, 1.82) is 0 Å². The molecule has 2 N–H and O–H groups in total. The molecule has 0 amide bonds. The summed E-state index contributed by atoms with van der Waals surface area (Å²) in [5, 5.41) is 5.30. The molecule has 142 valence electrons. The molecule has 0 saturated heterocycles. The van der Waals surface area contributed by atoms with Crippen LogP contribution in [0.25, 0.3) is 10.9 Å². The second-order valence-electron chi connectivity index (χ2n) is 7.91. The van der Waals surface area contributed by atoms with Gasteiger partial charge in [0.15, 0.2) is 0 Å². The normalized spacial score (nSPS) is 22.8. The summed E-state index contributed by atoms with van der Waals surface area (Å²) in [6.07, 6.45) is 10.3. The maximum atomic E-state index is 9.19. The van der Waals surface area contributed by atoms with Gasteiger partial charge in [-0.2, -0.15) is 8.42 Å². The molecule has 1 aromatic carbocycles. The van der Waals surface area contributed by atoms with Gasteiger partial charge in [-0.25, -0.2) is 0 Å². The summed E-state index contributed by atoms with van der Waals surface area (Å²) in [5.41, 5.74) is 6.38. The Balaban J connectivity index is 0.000000301. The van der Waals surface area contributed by atoms with Crippen LogP contribution in [0.5, 0.6) is 0 Å². The third-order valence-electron chi connectivity index (χ3n) is 6.04. The van der Waals surface area contributed by atoms with Crippen LogP contribution in [0.15, 0.2) is 18.2 Å². The van der Waals surface area contributed by atoms with E-state index in [-0.39, 0.29) is 0 Å². The number of fused-ring (bicyclic) bond motifs is 3. The highest BCUT2D eigenvalue weighted by Crippen LogP contribution is 2.41. The van der Waals surface area contributed by atoms with E-state index < -0.39 is 10.1 Å². The Labute approximate surface area is 155 Å². The average Bonchev–Trinajstić information content (AvgIpc) is 3.22. The Hall–Kier alpha value is -1.37. The van der Waals surface area contributed by atoms with Crippen molar-refractivity contribution in [2.45, 2.75) is 63.5 Å². The highest BCUT2D eigenvalue weighted by atomic mass is 32.2. The highest BCUT2D eigenvalue weighted by molar-refractivity contribution is 7.85. The van der Waals surface area contributed by atoms with Crippen LogP contribution in [0.2, 0.25) is 0 Å². The van der Waals surface area contributed by atoms with Crippen LogP contribution in [0.3, 0.4) is 0 Å². The summed E-state index contributed by atoms with van der Waals surface area (Å²) in [4.78, 5) is 0. The zero-order chi connectivity index (χ0) is 18.3. The Kier molecular flexibility index (Phi) is 4.84. The molecule has 1 saturated carbocycles. The summed E-state index contributed by atoms with van der Waals surface area (Å²) in [6, 6.07) is 8.01. The van der Waals surface area contributed by atoms with Gasteiger partial charge in [-0.3, -0.25) is 4.55 Å². The molecule has 6 heteroatoms. The average molecular weight is 377 g/mol. The van der Waals surface area contributed by atoms with Crippen molar-refractivity contribution in [3.63, 3.8) is 0 Å². The number of aromatic nitrogens is 1. The molecule has 2 heterocycles. The van der Waals surface area contributed by atoms with E-state index >= 15 is 0 Å². The molecule has 26 heavy (non-hydrogen) atoms. The molecular weight excluding hydrogens is 348 g/mol. The van der Waals surface area contributed by atoms with E-state index in [1.807, 2.05) is 0 Å². The fourth-order valence-electron chi connectivity index (χ4n) is 5.05. The number of rotatable bonds is 1. The molecule has 0 radical (unpaired) electrons. The van der Waals surface area contributed by atoms with Crippen LogP contribution in [-0.2, 0) is 23.1 Å². The lowest BCUT2D eigenvalue weighted by atomic mass is 9.89. The molecule has 5 rings (SSSR count). The molecule has 1 aliphatic heterocycles. The Morgan fingerprint density at radius 1 is 1.15 bits per heavy atom. The fourth-order valence-corrected chi connectivity index (χ4v) is 5.05. The number of aryl methyl sites for hydroxylation is 1. The van der Waals surface area contributed by atoms with E-state index in [1.165, 1.54) is 50.5 Å². The lowest BCUT2D eigenvalue weighted by Crippen LogP contribution is -2.35. The molecule has 0 spiro atoms. The number of nitrogens with one attached hydrogen (secondary N) is 1. The lowest BCUT2D eigenvalue weighted by Gasteiger charge is -2.31. The predicted octanol–water partition coefficient (Wildman–Crippen LogP) is 3.78. The van der Waals surface area contributed by atoms with Crippen LogP contribution in [0.1, 0.15) is 67.3 Å². The van der Waals surface area contributed by atoms with Crippen LogP contribution in [-0.4, -0.2) is 30.3 Å². The maximum absolute atomic E-state index is 9.19. The fraction of sp³-hybridized carbons (Fsp3) is 0.600. The van der Waals surface area contributed by atoms with Gasteiger partial charge in [0, 0.05) is 35.7 Å². The van der Waals surface area contributed by atoms with Crippen molar-refractivity contribution in [3.05, 3.63) is 35.0 Å². The van der Waals surface area contributed by atoms with E-state index in [0.717, 1.165) is 19.0 Å². The first-order chi connectivity index (χ1) is 12.4. The Morgan fingerprint density at radius 2 is 1.88 bits per heavy atom. The van der Waals surface area contributed by atoms with Crippen LogP contribution < -0.4 is 5.32 Å². The monoisotopic (exact) mass is 376 g/mol. The van der Waals surface area contributed by atoms with Gasteiger partial charge in [0.05, 0.1) is 6.26 Å². The molecule has 5 nitrogen and oxygen atoms in total. The first kappa shape index (κ1) is 18.0. The second kappa shape index (κ2) is 6.98. The first-order valence-corrected chi connectivity index (χ1v) is 11.6. The van der Waals surface area contributed by atoms with Crippen LogP contribution in [0, 0.1) is 0 Å². The minimum absolute atomic E-state index is 0.616. The lowest BCUT2D eigenvalue weighted by molar-refractivity contribution is 0.384. The predicted molar refractivity (Wildman–Crippen MR) is 104 cm³/mol. The van der Waals surface area contributed by atoms with Gasteiger partial charge < -0.3 is 9.88 Å². The van der Waals surface area contributed by atoms with Crippen LogP contribution >= 0.6 is 0 Å². The van der Waals surface area contributed by atoms with Crippen molar-refractivity contribution in [1.82, 2.24) is 9.88 Å². The van der Waals surface area contributed by atoms with Gasteiger partial charge in [-0.05, 0) is 61.3 Å². The summed E-state index contributed by atoms with van der Waals surface area (Å²) >= 11 is 0. The molecular formula is C20H28N2O3S. The van der Waals surface area contributed by atoms with Gasteiger partial charge in [0.25, 0.3) is 10.1 Å². The summed E-state index contributed by atoms with van der Waals surface area (Å²) < 4.78 is 28.5. The maximum Gasteiger partial charge on any atom is 0.261 e. The van der Waals surface area contributed by atoms with Crippen molar-refractivity contribution < 1.29 is 13.0 Å². The minimum Gasteiger partial charge on any atom is -0.342 e. The van der Waals surface area contributed by atoms with E-state index in [2.05, 4.69) is 28.1 Å². The third-order valence-corrected chi connectivity index (χ3v) is 6.04. The SMILES string of the molecule is CS(=O)(=O)O.c1cc2c(cc1C1CCCC1)c1c3n2CCNC3CCC1. The van der Waals surface area contributed by atoms with Crippen molar-refractivity contribution in [2.75, 3.05) is 12.8 Å². The molecule has 2 aromatic rings. The minimum atomic E-state index is -3.67. The van der Waals surface area contributed by atoms with Crippen molar-refractivity contribution >= 4 is 21.0 Å². The number of nitrogens with zero attached hydrogens (tertiary/aromatic N) is 1. The number of benzene rings is 1. The van der Waals surface area contributed by atoms with E-state index in [1.54, 1.807) is 22.2 Å². The Morgan fingerprint density at radius 3 is 2.62 bits per heavy atom. The van der Waals surface area contributed by atoms with Gasteiger partial charge in [-0.1, -0.05) is 18.9 Å². The molecule has 0 bridgehead atoms. The first-order valence-electron chi connectivity index (χ1n) is 9.72. The number of hydrogen-bond donors (Lipinski definition) is 2. The summed E-state index contributed by atoms with van der Waals surface area (Å²) in [5.74, 6) is 0.830. The zero-order valence-electron chi connectivity index (χ0n) is 15.4. The molecule has 1 atom stereocenters. The van der Waals surface area contributed by atoms with Crippen LogP contribution in [0.4, 0.5) is 0 Å². The van der Waals surface area contributed by atoms with Gasteiger partial charge in [0.2, 0.25) is 0 Å². The van der Waals surface area contributed by atoms with Gasteiger partial charge in [0.1, 0.15) is 0 Å². The number of hydrogen-bond acceptors (Lipinski definition) is 3. The standard InChI is InChI=1S/C19H24N2.CH4O3S/c1-2-5-13(4-1)14-8-9-18-16(12-14)15-6-3-7-17-19(15)21(18)11-10-20-17;1-5(2,3)4/h8-9,12-13,17,20H,1-7,10-11H2;1H3,(H,2,3,4). The van der Waals surface area contributed by atoms with E-state index in [9.17, 15) is 8.42 Å². The molecule has 3 aliphatic rings. The summed E-state index contributed by atoms with van der Waals surface area (Å²) in [6.45, 7) is 2.27. The molecule has 2 aliphatic carbocycles. The van der Waals surface area contributed by atoms with E-state index in [4.69, 9.17) is 4.55 Å². The van der Waals surface area contributed by atoms with E-state index in [0.29, 0.717) is 12.3 Å². The van der Waals surface area contributed by atoms with Crippen molar-refractivity contribution in [3.8, 4) is 0 Å². The second-order valence-corrected chi connectivity index (χ2v) is 9.37. The largest absolute Gasteiger partial charge is 0.342 e. The van der Waals surface area contributed by atoms with Gasteiger partial charge >= 0.3 is 0 Å². The highest BCUT2D eigenvalue weighted by Gasteiger charge is 2.30. The molecule has 1 fully saturated rings. The Bertz CT molecular complexity index is 901. The quantitative estimate of drug-likeness (QED) is 0.743. The smallest absolute Gasteiger partial charge is 0.261 e. The topological polar surface area (TPSA) is 71.3 Å². The van der Waals surface area contributed by atoms with Crippen molar-refractivity contribution in [2.24, 2.45) is 0 Å². The van der Waals surface area contributed by atoms with Gasteiger partial charge in [-0.15, -0.1) is 0 Å². The summed E-state index contributed by atoms with van der Waals surface area (Å²) in [7, 11) is -3.67. The molecule has 1 unspecified atom stereocenters. The third kappa shape index (κ3) is 3.55.